The summed E-state index contributed by atoms with van der Waals surface area (Å²) < 4.78 is 18.7. The molecule has 7 nitrogen and oxygen atoms in total. The predicted molar refractivity (Wildman–Crippen MR) is 126 cm³/mol. The van der Waals surface area contributed by atoms with Crippen molar-refractivity contribution in [2.24, 2.45) is 0 Å². The molecule has 0 unspecified atom stereocenters. The molecule has 174 valence electrons. The number of halogens is 1. The Hall–Kier alpha value is -2.68. The van der Waals surface area contributed by atoms with E-state index in [-0.39, 0.29) is 5.82 Å². The molecule has 32 heavy (non-hydrogen) atoms. The van der Waals surface area contributed by atoms with Crippen LogP contribution < -0.4 is 15.5 Å². The molecule has 0 bridgehead atoms. The van der Waals surface area contributed by atoms with E-state index in [9.17, 15) is 14.0 Å². The van der Waals surface area contributed by atoms with Gasteiger partial charge in [0.2, 0.25) is 0 Å². The van der Waals surface area contributed by atoms with E-state index in [1.165, 1.54) is 29.9 Å². The van der Waals surface area contributed by atoms with E-state index in [0.29, 0.717) is 10.8 Å². The van der Waals surface area contributed by atoms with Crippen LogP contribution in [0.15, 0.2) is 24.3 Å². The van der Waals surface area contributed by atoms with Gasteiger partial charge in [0.25, 0.3) is 5.91 Å². The third-order valence-electron chi connectivity index (χ3n) is 4.97. The summed E-state index contributed by atoms with van der Waals surface area (Å²) in [7, 11) is 0. The van der Waals surface area contributed by atoms with Crippen molar-refractivity contribution in [1.29, 1.82) is 0 Å². The van der Waals surface area contributed by atoms with E-state index in [2.05, 4.69) is 20.5 Å². The Morgan fingerprint density at radius 1 is 1.06 bits per heavy atom. The molecule has 0 atom stereocenters. The lowest BCUT2D eigenvalue weighted by Gasteiger charge is -2.28. The highest BCUT2D eigenvalue weighted by molar-refractivity contribution is 7.20. The normalized spacial score (nSPS) is 14.8. The summed E-state index contributed by atoms with van der Waals surface area (Å²) in [5.74, 6) is -0.722. The molecule has 1 aliphatic heterocycles. The summed E-state index contributed by atoms with van der Waals surface area (Å²) in [6.07, 6.45) is 2.71. The average molecular weight is 463 g/mol. The fourth-order valence-corrected chi connectivity index (χ4v) is 4.38. The number of carbonyl (C=O) groups is 2. The second kappa shape index (κ2) is 9.44. The van der Waals surface area contributed by atoms with Gasteiger partial charge in [0, 0.05) is 18.7 Å². The Balaban J connectivity index is 1.82. The predicted octanol–water partition coefficient (Wildman–Crippen LogP) is 5.18. The first-order valence-electron chi connectivity index (χ1n) is 10.8. The molecule has 2 heterocycles. The number of nitrogens with zero attached hydrogens (tertiary/aromatic N) is 2. The topological polar surface area (TPSA) is 83.6 Å². The smallest absolute Gasteiger partial charge is 0.408 e. The first-order chi connectivity index (χ1) is 14.9. The number of thiazole rings is 1. The monoisotopic (exact) mass is 462 g/mol. The third-order valence-corrected chi connectivity index (χ3v) is 6.00. The molecular weight excluding hydrogens is 431 g/mol. The van der Waals surface area contributed by atoms with Crippen molar-refractivity contribution in [3.8, 4) is 11.3 Å². The van der Waals surface area contributed by atoms with Crippen LogP contribution in [-0.4, -0.2) is 41.2 Å². The number of rotatable bonds is 5. The zero-order chi connectivity index (χ0) is 23.5. The summed E-state index contributed by atoms with van der Waals surface area (Å²) >= 11 is 1.38. The lowest BCUT2D eigenvalue weighted by Crippen LogP contribution is -2.53. The van der Waals surface area contributed by atoms with Crippen LogP contribution in [0.25, 0.3) is 11.3 Å². The zero-order valence-electron chi connectivity index (χ0n) is 19.3. The Morgan fingerprint density at radius 3 is 2.28 bits per heavy atom. The van der Waals surface area contributed by atoms with Gasteiger partial charge in [-0.2, -0.15) is 0 Å². The van der Waals surface area contributed by atoms with E-state index >= 15 is 0 Å². The Morgan fingerprint density at radius 2 is 1.69 bits per heavy atom. The molecule has 1 saturated heterocycles. The van der Waals surface area contributed by atoms with Gasteiger partial charge in [0.1, 0.15) is 27.7 Å². The van der Waals surface area contributed by atoms with Gasteiger partial charge in [-0.05, 0) is 78.1 Å². The van der Waals surface area contributed by atoms with Crippen molar-refractivity contribution in [1.82, 2.24) is 10.3 Å². The molecule has 0 saturated carbocycles. The van der Waals surface area contributed by atoms with Gasteiger partial charge >= 0.3 is 6.09 Å². The lowest BCUT2D eigenvalue weighted by molar-refractivity contribution is -0.121. The highest BCUT2D eigenvalue weighted by atomic mass is 32.1. The van der Waals surface area contributed by atoms with Crippen LogP contribution in [0.2, 0.25) is 0 Å². The molecule has 1 aromatic heterocycles. The average Bonchev–Trinajstić information content (AvgIpc) is 3.11. The summed E-state index contributed by atoms with van der Waals surface area (Å²) in [4.78, 5) is 32.0. The largest absolute Gasteiger partial charge is 0.444 e. The maximum atomic E-state index is 13.4. The van der Waals surface area contributed by atoms with E-state index in [1.807, 2.05) is 0 Å². The number of alkyl carbamates (subject to hydrolysis) is 1. The molecule has 3 rings (SSSR count). The van der Waals surface area contributed by atoms with Gasteiger partial charge in [0.15, 0.2) is 5.13 Å². The molecule has 1 fully saturated rings. The molecular formula is C23H31FN4O3S. The van der Waals surface area contributed by atoms with Crippen LogP contribution in [0, 0.1) is 5.82 Å². The minimum atomic E-state index is -1.21. The number of benzene rings is 1. The van der Waals surface area contributed by atoms with Crippen LogP contribution in [0.3, 0.4) is 0 Å². The van der Waals surface area contributed by atoms with Crippen LogP contribution in [0.1, 0.15) is 53.9 Å². The van der Waals surface area contributed by atoms with Crippen LogP contribution >= 0.6 is 11.3 Å². The second-order valence-corrected chi connectivity index (χ2v) is 10.4. The number of nitrogens with one attached hydrogen (secondary N) is 2. The number of carbonyl (C=O) groups excluding carboxylic acids is 2. The quantitative estimate of drug-likeness (QED) is 0.640. The van der Waals surface area contributed by atoms with Crippen molar-refractivity contribution < 1.29 is 18.7 Å². The maximum absolute atomic E-state index is 13.4. The number of hydrogen-bond acceptors (Lipinski definition) is 6. The number of amides is 2. The number of ether oxygens (including phenoxy) is 1. The second-order valence-electron chi connectivity index (χ2n) is 9.43. The molecule has 0 aliphatic carbocycles. The van der Waals surface area contributed by atoms with E-state index < -0.39 is 23.1 Å². The molecule has 2 N–H and O–H groups in total. The van der Waals surface area contributed by atoms with Crippen LogP contribution in [0.4, 0.5) is 19.3 Å². The fourth-order valence-electron chi connectivity index (χ4n) is 3.34. The summed E-state index contributed by atoms with van der Waals surface area (Å²) in [6.45, 7) is 10.3. The molecule has 1 aromatic carbocycles. The van der Waals surface area contributed by atoms with Gasteiger partial charge in [-0.1, -0.05) is 11.3 Å². The summed E-state index contributed by atoms with van der Waals surface area (Å²) in [5, 5.41) is 6.81. The first kappa shape index (κ1) is 24.0. The zero-order valence-corrected chi connectivity index (χ0v) is 20.1. The Kier molecular flexibility index (Phi) is 7.07. The first-order valence-corrected chi connectivity index (χ1v) is 11.6. The fraction of sp³-hybridized carbons (Fsp3) is 0.522. The number of anilines is 2. The van der Waals surface area contributed by atoms with Crippen LogP contribution in [0.5, 0.6) is 0 Å². The minimum Gasteiger partial charge on any atom is -0.444 e. The van der Waals surface area contributed by atoms with Gasteiger partial charge in [-0.15, -0.1) is 0 Å². The van der Waals surface area contributed by atoms with Crippen molar-refractivity contribution in [3.63, 3.8) is 0 Å². The van der Waals surface area contributed by atoms with Crippen molar-refractivity contribution >= 4 is 33.5 Å². The summed E-state index contributed by atoms with van der Waals surface area (Å²) in [5.41, 5.74) is -0.380. The standard InChI is InChI=1S/C23H31FN4O3S/c1-22(2,3)31-21(30)27-23(4,5)19(29)26-20-25-17(15-9-11-16(24)12-10-15)18(32-20)28-13-7-6-8-14-28/h9-12H,6-8,13-14H2,1-5H3,(H,27,30)(H,25,26,29). The van der Waals surface area contributed by atoms with Gasteiger partial charge in [0.05, 0.1) is 0 Å². The Bertz CT molecular complexity index is 961. The molecule has 9 heteroatoms. The van der Waals surface area contributed by atoms with Gasteiger partial charge < -0.3 is 15.0 Å². The lowest BCUT2D eigenvalue weighted by atomic mass is 10.1. The van der Waals surface area contributed by atoms with Crippen molar-refractivity contribution in [2.75, 3.05) is 23.3 Å². The van der Waals surface area contributed by atoms with E-state index in [1.54, 1.807) is 46.8 Å². The highest BCUT2D eigenvalue weighted by Crippen LogP contribution is 2.40. The summed E-state index contributed by atoms with van der Waals surface area (Å²) in [6, 6.07) is 6.19. The molecule has 1 aliphatic rings. The molecule has 0 spiro atoms. The Labute approximate surface area is 192 Å². The number of aromatic nitrogens is 1. The highest BCUT2D eigenvalue weighted by Gasteiger charge is 2.33. The molecule has 2 aromatic rings. The number of piperidine rings is 1. The molecule has 2 amide bonds. The van der Waals surface area contributed by atoms with E-state index in [4.69, 9.17) is 4.74 Å². The van der Waals surface area contributed by atoms with E-state index in [0.717, 1.165) is 36.5 Å². The van der Waals surface area contributed by atoms with Crippen molar-refractivity contribution in [2.45, 2.75) is 65.0 Å². The maximum Gasteiger partial charge on any atom is 0.408 e. The van der Waals surface area contributed by atoms with Gasteiger partial charge in [-0.3, -0.25) is 10.1 Å². The van der Waals surface area contributed by atoms with Gasteiger partial charge in [-0.25, -0.2) is 14.2 Å². The molecule has 0 radical (unpaired) electrons. The third kappa shape index (κ3) is 6.18. The van der Waals surface area contributed by atoms with Crippen molar-refractivity contribution in [3.05, 3.63) is 30.1 Å². The van der Waals surface area contributed by atoms with Crippen LogP contribution in [-0.2, 0) is 9.53 Å². The SMILES string of the molecule is CC(C)(C)OC(=O)NC(C)(C)C(=O)Nc1nc(-c2ccc(F)cc2)c(N2CCCCC2)s1. The number of hydrogen-bond donors (Lipinski definition) is 2. The minimum absolute atomic E-state index is 0.313.